The van der Waals surface area contributed by atoms with Crippen LogP contribution >= 0.6 is 21.6 Å². The fraction of sp³-hybridized carbons (Fsp3) is 0.533. The highest BCUT2D eigenvalue weighted by Crippen LogP contribution is 2.68. The maximum absolute atomic E-state index is 15.4. The fourth-order valence-electron chi connectivity index (χ4n) is 20.1. The standard InChI is InChI=1S/C91H118N12O23S2.CO2/c1-6-53-39-56-27-31-88(3,78-60(29-35-102(49-53)50-56)59-21-14-15-22-64(59)97-78)62-44-61-68(46-71(62)124-5)101(4)84-90(61)32-36-103-34-16-30-89(7-2,83(90)103)85(120)91(84,123)72(107)48-95-87(122)125-37-38-127-128-51-58(81(116)117)43-70(106)67(45-77(112)113)98-80(115)63(92)47-94-79(114)57(40-54-17-10-8-11-18-54)42-69(105)66(41-55-19-12-9-13-20-55)96-74(109)28-33-93-73(108)24-23-65(82(118)119)99-86(121)100-75(126-52-104)25-26-76(110)111;2-1-3/h8-22,30,44,46,52-53,56-58,63,65-67,75,83-85,97,120,123H,6-7,23-29,31-43,45,47-51,92H2,1-5H3,(H,93,108)(H,94,114)(H,95,122)(H,96,109)(H,98,115)(H,110,111)(H,112,113)(H,116,117)(H,118,119)(H2,99,100,121);/t53-,56?,57-,58-,63+,65+,66+,67+,75-,83+,84?,85-,88-,89-,90-,91+;/m1./s1. The van der Waals surface area contributed by atoms with E-state index in [1.165, 1.54) is 10.9 Å². The maximum Gasteiger partial charge on any atom is 0.407 e. The Morgan fingerprint density at radius 3 is 2.07 bits per heavy atom. The zero-order chi connectivity index (χ0) is 95.1. The summed E-state index contributed by atoms with van der Waals surface area (Å²) in [5.41, 5.74) is 8.61. The molecule has 1 spiro atoms. The summed E-state index contributed by atoms with van der Waals surface area (Å²) in [6.45, 7) is 9.01. The van der Waals surface area contributed by atoms with Crippen LogP contribution in [0.5, 0.6) is 5.75 Å². The molecule has 2 saturated heterocycles. The summed E-state index contributed by atoms with van der Waals surface area (Å²) in [6, 6.07) is 21.2. The van der Waals surface area contributed by atoms with E-state index >= 15 is 4.79 Å². The molecular weight excluding hydrogens is 1740 g/mol. The number of benzene rings is 4. The molecule has 3 unspecified atom stereocenters. The van der Waals surface area contributed by atoms with E-state index in [1.807, 2.05) is 31.0 Å². The molecule has 5 aliphatic heterocycles. The van der Waals surface area contributed by atoms with Crippen LogP contribution in [0.1, 0.15) is 144 Å². The summed E-state index contributed by atoms with van der Waals surface area (Å²) in [5, 5.41) is 83.6. The fourth-order valence-corrected chi connectivity index (χ4v) is 22.2. The lowest BCUT2D eigenvalue weighted by molar-refractivity contribution is -0.201. The number of fused-ring (bicyclic) bond motifs is 6. The van der Waals surface area contributed by atoms with Crippen LogP contribution in [-0.4, -0.2) is 274 Å². The molecular formula is C92H118N12O25S2. The molecule has 2 bridgehead atoms. The number of nitrogens with two attached hydrogens (primary N) is 1. The van der Waals surface area contributed by atoms with Crippen LogP contribution in [0.2, 0.25) is 0 Å². The van der Waals surface area contributed by atoms with Crippen LogP contribution in [0.4, 0.5) is 15.3 Å². The topological polar surface area (TPSA) is 558 Å². The van der Waals surface area contributed by atoms with Crippen LogP contribution in [0.3, 0.4) is 0 Å². The SMILES string of the molecule is CC[C@@H]1CC2CC[C@](C)(c3cc4c(cc3OC)N(C)C3[C@]45CCN4CC=C[C@@](CC)([C@@H](O)[C@]3(O)C(=O)CNC(=O)OCCSSC[C@@H](CC(=O)[C@H](CC(=O)O)NC(=O)[C@@H](N)CNC(=O)[C@@H](CC(=O)[C@H](Cc3ccccc3)NC(=O)CCNC(=O)CC[C@H](NC(=O)N[C@@H](CCC(=O)O)OC=O)C(=O)O)Cc3ccccc3)C(=O)O)[C@H]45)c3[nH]c4ccccc4c3CCN(C2)C1.O=C=O. The number of para-hydroxylation sites is 1. The molecule has 1 aliphatic carbocycles. The summed E-state index contributed by atoms with van der Waals surface area (Å²) in [6.07, 6.45) is 1.68. The average molecular weight is 1860 g/mol. The lowest BCUT2D eigenvalue weighted by atomic mass is 9.47. The Hall–Kier alpha value is -11.6. The predicted octanol–water partition coefficient (Wildman–Crippen LogP) is 4.47. The molecule has 3 fully saturated rings. The van der Waals surface area contributed by atoms with E-state index in [0.717, 1.165) is 101 Å². The predicted molar refractivity (Wildman–Crippen MR) is 479 cm³/mol. The smallest absolute Gasteiger partial charge is 0.407 e. The first-order valence-corrected chi connectivity index (χ1v) is 46.5. The lowest BCUT2D eigenvalue weighted by Gasteiger charge is -2.63. The summed E-state index contributed by atoms with van der Waals surface area (Å²) >= 11 is 0. The molecule has 16 N–H and O–H groups in total. The van der Waals surface area contributed by atoms with Gasteiger partial charge in [-0.05, 0) is 117 Å². The van der Waals surface area contributed by atoms with Crippen molar-refractivity contribution in [2.45, 2.75) is 195 Å². The summed E-state index contributed by atoms with van der Waals surface area (Å²) in [4.78, 5) is 210. The van der Waals surface area contributed by atoms with Gasteiger partial charge < -0.3 is 103 Å². The van der Waals surface area contributed by atoms with Crippen molar-refractivity contribution in [3.05, 3.63) is 143 Å². The number of hydrogen-bond acceptors (Lipinski definition) is 27. The number of methoxy groups -OCH3 is 1. The van der Waals surface area contributed by atoms with E-state index < -0.39 is 205 Å². The van der Waals surface area contributed by atoms with Crippen molar-refractivity contribution in [1.82, 2.24) is 52.0 Å². The minimum absolute atomic E-state index is 0.0322. The van der Waals surface area contributed by atoms with E-state index in [9.17, 15) is 87.9 Å². The van der Waals surface area contributed by atoms with Gasteiger partial charge in [-0.15, -0.1) is 0 Å². The van der Waals surface area contributed by atoms with Gasteiger partial charge in [0.2, 0.25) is 23.6 Å². The van der Waals surface area contributed by atoms with Crippen LogP contribution in [0, 0.1) is 29.1 Å². The van der Waals surface area contributed by atoms with Crippen molar-refractivity contribution in [3.8, 4) is 5.75 Å². The van der Waals surface area contributed by atoms with Crippen LogP contribution in [-0.2, 0) is 107 Å². The average Bonchev–Trinajstić information content (AvgIpc) is 1.48. The third-order valence-corrected chi connectivity index (χ3v) is 28.9. The Kier molecular flexibility index (Phi) is 36.0. The number of likely N-dealkylation sites (N-methyl/N-ethyl adjacent to an activating group) is 1. The van der Waals surface area contributed by atoms with Crippen molar-refractivity contribution >= 4 is 128 Å². The maximum atomic E-state index is 15.4. The second-order valence-corrected chi connectivity index (χ2v) is 37.3. The molecule has 6 aliphatic rings. The number of hydrogen-bond donors (Lipinski definition) is 15. The number of carboxylic acids is 4. The zero-order valence-corrected chi connectivity index (χ0v) is 75.5. The number of carbonyl (C=O) groups excluding carboxylic acids is 12. The van der Waals surface area contributed by atoms with Gasteiger partial charge in [-0.1, -0.05) is 133 Å². The number of urea groups is 1. The highest BCUT2D eigenvalue weighted by Gasteiger charge is 2.78. The molecule has 1 saturated carbocycles. The Balaban J connectivity index is 0.00000586. The number of anilines is 1. The second-order valence-electron chi connectivity index (χ2n) is 34.6. The Morgan fingerprint density at radius 1 is 0.718 bits per heavy atom. The van der Waals surface area contributed by atoms with Gasteiger partial charge >= 0.3 is 42.2 Å². The van der Waals surface area contributed by atoms with Gasteiger partial charge in [0.1, 0.15) is 30.5 Å². The monoisotopic (exact) mass is 1850 g/mol. The van der Waals surface area contributed by atoms with Gasteiger partial charge in [-0.2, -0.15) is 9.59 Å². The number of alkyl carbamates (subject to hydrolysis) is 1. The Bertz CT molecular complexity index is 5020. The Labute approximate surface area is 765 Å². The van der Waals surface area contributed by atoms with Crippen molar-refractivity contribution in [3.63, 3.8) is 0 Å². The number of nitrogens with zero attached hydrogens (tertiary/aromatic N) is 3. The number of aliphatic carboxylic acids is 4. The van der Waals surface area contributed by atoms with Crippen molar-refractivity contribution in [2.75, 3.05) is 89.5 Å². The number of aromatic nitrogens is 1. The number of ether oxygens (including phenoxy) is 3. The van der Waals surface area contributed by atoms with E-state index in [4.69, 9.17) is 29.9 Å². The van der Waals surface area contributed by atoms with Crippen molar-refractivity contribution in [2.24, 2.45) is 34.8 Å². The molecule has 6 heterocycles. The Morgan fingerprint density at radius 2 is 1.40 bits per heavy atom. The number of carbonyl (C=O) groups is 14. The van der Waals surface area contributed by atoms with Gasteiger partial charge in [-0.25, -0.2) is 14.4 Å². The first-order valence-electron chi connectivity index (χ1n) is 44.0. The molecule has 131 heavy (non-hydrogen) atoms. The molecule has 0 radical (unpaired) electrons. The molecule has 17 atom stereocenters. The number of Topliss-reactive ketones (excluding diaryl/α,β-unsaturated/α-hetero) is 3. The number of piperidine rings is 1. The van der Waals surface area contributed by atoms with Crippen molar-refractivity contribution in [1.29, 1.82) is 0 Å². The molecule has 39 heteroatoms. The van der Waals surface area contributed by atoms with E-state index in [1.54, 1.807) is 67.8 Å². The molecule has 11 rings (SSSR count). The minimum Gasteiger partial charge on any atom is -0.496 e. The molecule has 37 nitrogen and oxygen atoms in total. The van der Waals surface area contributed by atoms with Gasteiger partial charge in [0.05, 0.1) is 50.5 Å². The number of aliphatic hydroxyl groups is 2. The molecule has 5 aromatic rings. The third-order valence-electron chi connectivity index (χ3n) is 26.5. The largest absolute Gasteiger partial charge is 0.496 e. The van der Waals surface area contributed by atoms with Gasteiger partial charge in [0, 0.05) is 152 Å². The number of carboxylic acid groups (broad SMARTS) is 4. The van der Waals surface area contributed by atoms with E-state index in [0.29, 0.717) is 54.6 Å². The number of H-pyrrole nitrogens is 1. The number of aliphatic hydroxyl groups excluding tert-OH is 1. The highest BCUT2D eigenvalue weighted by atomic mass is 33.1. The van der Waals surface area contributed by atoms with Crippen LogP contribution < -0.4 is 52.6 Å². The lowest BCUT2D eigenvalue weighted by Crippen LogP contribution is -2.81. The summed E-state index contributed by atoms with van der Waals surface area (Å²) < 4.78 is 16.7. The van der Waals surface area contributed by atoms with Gasteiger partial charge in [-0.3, -0.25) is 57.6 Å². The van der Waals surface area contributed by atoms with E-state index in [-0.39, 0.29) is 69.0 Å². The van der Waals surface area contributed by atoms with Crippen molar-refractivity contribution < 1.29 is 122 Å². The molecule has 7 amide bonds. The molecule has 4 aromatic carbocycles. The van der Waals surface area contributed by atoms with Gasteiger partial charge in [0.15, 0.2) is 29.2 Å². The third kappa shape index (κ3) is 24.4. The zero-order valence-electron chi connectivity index (χ0n) is 73.9. The number of ketones is 3. The summed E-state index contributed by atoms with van der Waals surface area (Å²) in [5.74, 6) is -12.4. The highest BCUT2D eigenvalue weighted by molar-refractivity contribution is 8.76. The first-order chi connectivity index (χ1) is 62.6. The van der Waals surface area contributed by atoms with Crippen LogP contribution in [0.15, 0.2) is 109 Å². The second kappa shape index (κ2) is 46.5. The quantitative estimate of drug-likeness (QED) is 0.00840. The molecule has 1 aromatic heterocycles. The first kappa shape index (κ1) is 102. The number of nitrogens with one attached hydrogen (secondary N) is 8. The minimum atomic E-state index is -2.47. The normalized spacial score (nSPS) is 23.7. The summed E-state index contributed by atoms with van der Waals surface area (Å²) in [7, 11) is 5.63. The van der Waals surface area contributed by atoms with E-state index in [2.05, 4.69) is 107 Å². The van der Waals surface area contributed by atoms with Gasteiger partial charge in [0.25, 0.3) is 6.47 Å². The van der Waals surface area contributed by atoms with Crippen LogP contribution in [0.25, 0.3) is 10.9 Å². The number of rotatable bonds is 46. The molecule has 708 valence electrons. The number of aromatic amines is 1. The number of amides is 7.